The van der Waals surface area contributed by atoms with E-state index in [1.807, 2.05) is 60.7 Å². The Balaban J connectivity index is 2.69. The van der Waals surface area contributed by atoms with Gasteiger partial charge in [0, 0.05) is 46.7 Å². The molecule has 0 atom stereocenters. The summed E-state index contributed by atoms with van der Waals surface area (Å²) >= 11 is 0. The highest BCUT2D eigenvalue weighted by atomic mass is 15.2. The van der Waals surface area contributed by atoms with Crippen molar-refractivity contribution in [3.05, 3.63) is 76.4 Å². The van der Waals surface area contributed by atoms with Crippen molar-refractivity contribution in [2.75, 3.05) is 9.80 Å². The van der Waals surface area contributed by atoms with Crippen LogP contribution in [0.15, 0.2) is 65.3 Å². The Hall–Kier alpha value is -4.96. The van der Waals surface area contributed by atoms with E-state index >= 15 is 0 Å². The minimum absolute atomic E-state index is 0.0514. The van der Waals surface area contributed by atoms with E-state index in [0.717, 1.165) is 11.4 Å². The Labute approximate surface area is 239 Å². The molecule has 0 N–H and O–H groups in total. The molecule has 0 aliphatic rings. The molecular formula is C34H36N6. The Morgan fingerprint density at radius 2 is 0.925 bits per heavy atom. The minimum atomic E-state index is -0.261. The first kappa shape index (κ1) is 31.3. The Morgan fingerprint density at radius 1 is 0.550 bits per heavy atom. The Morgan fingerprint density at radius 3 is 1.27 bits per heavy atom. The van der Waals surface area contributed by atoms with Gasteiger partial charge in [-0.25, -0.2) is 0 Å². The number of benzene rings is 2. The maximum absolute atomic E-state index is 9.80. The molecule has 0 saturated heterocycles. The van der Waals surface area contributed by atoms with Crippen LogP contribution in [0.1, 0.15) is 66.5 Å². The summed E-state index contributed by atoms with van der Waals surface area (Å²) in [4.78, 5) is 4.54. The van der Waals surface area contributed by atoms with Crippen molar-refractivity contribution in [1.82, 2.24) is 0 Å². The summed E-state index contributed by atoms with van der Waals surface area (Å²) in [6.07, 6.45) is 0. The van der Waals surface area contributed by atoms with Gasteiger partial charge in [0.1, 0.15) is 35.4 Å². The third kappa shape index (κ3) is 7.33. The molecule has 0 aromatic heterocycles. The number of hydrogen-bond acceptors (Lipinski definition) is 6. The van der Waals surface area contributed by atoms with Gasteiger partial charge >= 0.3 is 0 Å². The van der Waals surface area contributed by atoms with E-state index in [9.17, 15) is 21.0 Å². The topological polar surface area (TPSA) is 102 Å². The molecule has 0 bridgehead atoms. The first-order valence-corrected chi connectivity index (χ1v) is 13.4. The summed E-state index contributed by atoms with van der Waals surface area (Å²) < 4.78 is 0. The van der Waals surface area contributed by atoms with E-state index in [2.05, 4.69) is 77.0 Å². The zero-order chi connectivity index (χ0) is 30.0. The molecule has 0 radical (unpaired) electrons. The number of allylic oxidation sites excluding steroid dienone is 4. The second-order valence-electron chi connectivity index (χ2n) is 10.5. The van der Waals surface area contributed by atoms with Crippen LogP contribution < -0.4 is 9.80 Å². The summed E-state index contributed by atoms with van der Waals surface area (Å²) in [5, 5.41) is 39.1. The van der Waals surface area contributed by atoms with E-state index in [0.29, 0.717) is 23.2 Å². The van der Waals surface area contributed by atoms with Crippen LogP contribution in [-0.4, -0.2) is 24.2 Å². The molecular weight excluding hydrogens is 492 g/mol. The first-order valence-electron chi connectivity index (χ1n) is 13.4. The molecule has 40 heavy (non-hydrogen) atoms. The third-order valence-electron chi connectivity index (χ3n) is 6.37. The van der Waals surface area contributed by atoms with E-state index in [1.54, 1.807) is 12.1 Å². The van der Waals surface area contributed by atoms with Crippen molar-refractivity contribution in [2.45, 2.75) is 79.6 Å². The number of nitrogens with zero attached hydrogens (tertiary/aromatic N) is 6. The van der Waals surface area contributed by atoms with Crippen LogP contribution in [0.5, 0.6) is 0 Å². The van der Waals surface area contributed by atoms with Gasteiger partial charge < -0.3 is 9.80 Å². The summed E-state index contributed by atoms with van der Waals surface area (Å²) in [5.74, 6) is 6.00. The van der Waals surface area contributed by atoms with E-state index in [-0.39, 0.29) is 34.4 Å². The predicted molar refractivity (Wildman–Crippen MR) is 162 cm³/mol. The summed E-state index contributed by atoms with van der Waals surface area (Å²) in [5.41, 5.74) is 3.00. The van der Waals surface area contributed by atoms with Crippen LogP contribution in [0.2, 0.25) is 0 Å². The van der Waals surface area contributed by atoms with Crippen LogP contribution in [-0.2, 0) is 0 Å². The highest BCUT2D eigenvalue weighted by molar-refractivity contribution is 5.92. The van der Waals surface area contributed by atoms with E-state index < -0.39 is 0 Å². The molecule has 0 unspecified atom stereocenters. The van der Waals surface area contributed by atoms with Gasteiger partial charge in [-0.15, -0.1) is 0 Å². The van der Waals surface area contributed by atoms with E-state index in [4.69, 9.17) is 0 Å². The van der Waals surface area contributed by atoms with Crippen molar-refractivity contribution < 1.29 is 0 Å². The third-order valence-corrected chi connectivity index (χ3v) is 6.37. The van der Waals surface area contributed by atoms with Crippen molar-refractivity contribution in [3.8, 4) is 36.1 Å². The van der Waals surface area contributed by atoms with Gasteiger partial charge in [-0.1, -0.05) is 24.0 Å². The van der Waals surface area contributed by atoms with Gasteiger partial charge in [0.2, 0.25) is 0 Å². The lowest BCUT2D eigenvalue weighted by Gasteiger charge is -2.33. The molecule has 2 rings (SSSR count). The molecule has 0 spiro atoms. The van der Waals surface area contributed by atoms with Crippen molar-refractivity contribution in [1.29, 1.82) is 21.0 Å². The quantitative estimate of drug-likeness (QED) is 0.205. The first-order chi connectivity index (χ1) is 19.0. The molecule has 6 nitrogen and oxygen atoms in total. The van der Waals surface area contributed by atoms with E-state index in [1.165, 1.54) is 0 Å². The lowest BCUT2D eigenvalue weighted by atomic mass is 9.90. The second-order valence-corrected chi connectivity index (χ2v) is 10.5. The van der Waals surface area contributed by atoms with Crippen LogP contribution in [0.25, 0.3) is 5.57 Å². The normalized spacial score (nSPS) is 10.1. The fourth-order valence-corrected chi connectivity index (χ4v) is 4.97. The zero-order valence-corrected chi connectivity index (χ0v) is 24.6. The molecule has 6 heteroatoms. The molecule has 0 fully saturated rings. The van der Waals surface area contributed by atoms with Crippen LogP contribution in [0.4, 0.5) is 11.4 Å². The highest BCUT2D eigenvalue weighted by Gasteiger charge is 2.20. The van der Waals surface area contributed by atoms with Crippen LogP contribution in [0.3, 0.4) is 0 Å². The minimum Gasteiger partial charge on any atom is -0.367 e. The fraction of sp³-hybridized carbons (Fsp3) is 0.353. The molecule has 202 valence electrons. The summed E-state index contributed by atoms with van der Waals surface area (Å²) in [7, 11) is 0. The average molecular weight is 529 g/mol. The highest BCUT2D eigenvalue weighted by Crippen LogP contribution is 2.31. The summed E-state index contributed by atoms with van der Waals surface area (Å²) in [6, 6.07) is 24.0. The van der Waals surface area contributed by atoms with Gasteiger partial charge in [0.15, 0.2) is 0 Å². The van der Waals surface area contributed by atoms with Gasteiger partial charge in [-0.3, -0.25) is 0 Å². The SMILES string of the molecule is CC(C)N(c1ccc(C#CC(=C(C#N)C#N)C(=C(C#N)C#N)c2ccc(N(C(C)C)C(C)C)cc2)cc1)C(C)C. The average Bonchev–Trinajstić information content (AvgIpc) is 2.90. The molecule has 0 aliphatic carbocycles. The number of rotatable bonds is 8. The van der Waals surface area contributed by atoms with Gasteiger partial charge in [-0.05, 0) is 97.4 Å². The fourth-order valence-electron chi connectivity index (χ4n) is 4.97. The Kier molecular flexibility index (Phi) is 11.1. The lowest BCUT2D eigenvalue weighted by molar-refractivity contribution is 0.608. The van der Waals surface area contributed by atoms with Gasteiger partial charge in [0.05, 0.1) is 5.57 Å². The largest absolute Gasteiger partial charge is 0.367 e. The monoisotopic (exact) mass is 528 g/mol. The lowest BCUT2D eigenvalue weighted by Crippen LogP contribution is -2.36. The molecule has 0 amide bonds. The number of nitriles is 4. The van der Waals surface area contributed by atoms with Crippen molar-refractivity contribution in [2.24, 2.45) is 0 Å². The van der Waals surface area contributed by atoms with Crippen LogP contribution in [0, 0.1) is 57.2 Å². The standard InChI is InChI=1S/C34H36N6/c1-23(2)39(24(3)4)31-14-9-27(10-15-31)11-18-33(29(19-35)20-36)34(30(21-37)22-38)28-12-16-32(17-13-28)40(25(5)6)26(7)8/h9-10,12-17,23-26H,1-8H3. The number of hydrogen-bond donors (Lipinski definition) is 0. The molecule has 2 aromatic carbocycles. The maximum Gasteiger partial charge on any atom is 0.145 e. The predicted octanol–water partition coefficient (Wildman–Crippen LogP) is 7.13. The second kappa shape index (κ2) is 14.3. The molecule has 2 aromatic rings. The van der Waals surface area contributed by atoms with Crippen molar-refractivity contribution in [3.63, 3.8) is 0 Å². The number of anilines is 2. The maximum atomic E-state index is 9.80. The summed E-state index contributed by atoms with van der Waals surface area (Å²) in [6.45, 7) is 17.0. The van der Waals surface area contributed by atoms with Gasteiger partial charge in [-0.2, -0.15) is 21.0 Å². The smallest absolute Gasteiger partial charge is 0.145 e. The van der Waals surface area contributed by atoms with Crippen molar-refractivity contribution >= 4 is 16.9 Å². The molecule has 0 saturated carbocycles. The molecule has 0 aliphatic heterocycles. The Bertz CT molecular complexity index is 1430. The van der Waals surface area contributed by atoms with Crippen LogP contribution >= 0.6 is 0 Å². The van der Waals surface area contributed by atoms with Gasteiger partial charge in [0.25, 0.3) is 0 Å². The zero-order valence-electron chi connectivity index (χ0n) is 24.6. The molecule has 0 heterocycles.